The number of hydrogen-bond acceptors (Lipinski definition) is 9. The number of hydrogen-bond donors (Lipinski definition) is 3. The van der Waals surface area contributed by atoms with E-state index < -0.39 is 5.82 Å². The number of nitrogens with zero attached hydrogens (tertiary/aromatic N) is 6. The van der Waals surface area contributed by atoms with Crippen LogP contribution in [0.1, 0.15) is 74.5 Å². The molecule has 1 aliphatic carbocycles. The highest BCUT2D eigenvalue weighted by atomic mass is 19.1. The van der Waals surface area contributed by atoms with Crippen LogP contribution in [0.4, 0.5) is 15.9 Å². The Kier molecular flexibility index (Phi) is 8.72. The van der Waals surface area contributed by atoms with Crippen LogP contribution >= 0.6 is 0 Å². The van der Waals surface area contributed by atoms with Crippen molar-refractivity contribution in [1.29, 1.82) is 0 Å². The molecule has 260 valence electrons. The molecule has 5 heterocycles. The minimum absolute atomic E-state index is 0.0774. The third kappa shape index (κ3) is 6.32. The lowest BCUT2D eigenvalue weighted by Gasteiger charge is -2.37. The Hall–Kier alpha value is -4.84. The van der Waals surface area contributed by atoms with Crippen LogP contribution in [0, 0.1) is 11.7 Å². The fourth-order valence-electron chi connectivity index (χ4n) is 8.71. The predicted octanol–water partition coefficient (Wildman–Crippen LogP) is 5.21. The van der Waals surface area contributed by atoms with E-state index in [0.717, 1.165) is 51.0 Å². The number of nitrogens with two attached hydrogens (primary N) is 1. The van der Waals surface area contributed by atoms with Crippen molar-refractivity contribution in [1.82, 2.24) is 30.2 Å². The molecule has 3 fully saturated rings. The number of imide groups is 1. The largest absolute Gasteiger partial charge is 0.507 e. The number of amides is 2. The van der Waals surface area contributed by atoms with Crippen molar-refractivity contribution < 1.29 is 19.1 Å². The van der Waals surface area contributed by atoms with Crippen LogP contribution in [-0.4, -0.2) is 74.0 Å². The maximum Gasteiger partial charge on any atom is 0.249 e. The number of fused-ring (bicyclic) bond motifs is 1. The van der Waals surface area contributed by atoms with Crippen molar-refractivity contribution >= 4 is 23.3 Å². The Bertz CT molecular complexity index is 1910. The summed E-state index contributed by atoms with van der Waals surface area (Å²) in [4.78, 5) is 29.2. The standard InChI is InChI=1S/C38H43FN8O3/c39-26-8-10-35(48)31(18-26)32-19-30(37(40)44-43-32)25-20-41-47(22-25)27-12-15-45(16-13-27)21-23-4-6-24(7-5-23)28-2-1-3-33-29(28)14-17-46(33)34-9-11-36(49)42-38(34)50/h1-3,8,10,18-20,22-24,27,34,48H,4-7,9,11-17,21H2,(H2,40,44)(H,42,49,50)/t23?,24?,34-/m0/s1. The SMILES string of the molecule is Nc1nnc(-c2cc(F)ccc2O)cc1-c1cnn(C2CCN(CC3CCC(c4cccc5c4CCN5[C@H]4CCC(=O)NC4=O)CC3)CC2)c1. The van der Waals surface area contributed by atoms with Gasteiger partial charge in [0.25, 0.3) is 0 Å². The Morgan fingerprint density at radius 3 is 2.54 bits per heavy atom. The number of halogens is 1. The highest BCUT2D eigenvalue weighted by molar-refractivity contribution is 6.02. The van der Waals surface area contributed by atoms with Gasteiger partial charge in [0, 0.05) is 61.2 Å². The third-order valence-corrected chi connectivity index (χ3v) is 11.4. The van der Waals surface area contributed by atoms with Gasteiger partial charge in [-0.05, 0) is 105 Å². The van der Waals surface area contributed by atoms with Gasteiger partial charge in [-0.2, -0.15) is 5.10 Å². The van der Waals surface area contributed by atoms with Crippen LogP contribution in [0.5, 0.6) is 5.75 Å². The van der Waals surface area contributed by atoms with Crippen LogP contribution in [0.15, 0.2) is 54.9 Å². The van der Waals surface area contributed by atoms with E-state index in [1.54, 1.807) is 12.3 Å². The molecule has 2 amide bonds. The fourth-order valence-corrected chi connectivity index (χ4v) is 8.71. The molecule has 1 atom stereocenters. The number of nitrogens with one attached hydrogen (secondary N) is 1. The number of aromatic nitrogens is 4. The lowest BCUT2D eigenvalue weighted by Crippen LogP contribution is -2.52. The number of piperidine rings is 2. The third-order valence-electron chi connectivity index (χ3n) is 11.4. The number of phenols is 1. The van der Waals surface area contributed by atoms with Crippen LogP contribution in [-0.2, 0) is 16.0 Å². The average Bonchev–Trinajstić information content (AvgIpc) is 3.79. The Morgan fingerprint density at radius 1 is 0.920 bits per heavy atom. The van der Waals surface area contributed by atoms with E-state index in [-0.39, 0.29) is 35.0 Å². The number of carbonyl (C=O) groups excluding carboxylic acids is 2. The number of aromatic hydroxyl groups is 1. The second-order valence-electron chi connectivity index (χ2n) is 14.4. The van der Waals surface area contributed by atoms with E-state index in [1.807, 2.05) is 10.9 Å². The summed E-state index contributed by atoms with van der Waals surface area (Å²) >= 11 is 0. The lowest BCUT2D eigenvalue weighted by molar-refractivity contribution is -0.134. The number of likely N-dealkylation sites (tertiary alicyclic amines) is 1. The van der Waals surface area contributed by atoms with Crippen molar-refractivity contribution in [3.8, 4) is 28.1 Å². The molecule has 0 spiro atoms. The molecule has 2 saturated heterocycles. The topological polar surface area (TPSA) is 142 Å². The summed E-state index contributed by atoms with van der Waals surface area (Å²) < 4.78 is 15.9. The Balaban J connectivity index is 0.848. The second-order valence-corrected chi connectivity index (χ2v) is 14.4. The molecule has 0 radical (unpaired) electrons. The second kappa shape index (κ2) is 13.5. The summed E-state index contributed by atoms with van der Waals surface area (Å²) in [5.74, 6) is 0.631. The first-order valence-corrected chi connectivity index (χ1v) is 17.9. The van der Waals surface area contributed by atoms with Gasteiger partial charge in [-0.3, -0.25) is 19.6 Å². The number of carbonyl (C=O) groups is 2. The molecular weight excluding hydrogens is 635 g/mol. The summed E-state index contributed by atoms with van der Waals surface area (Å²) in [5, 5.41) is 25.6. The molecule has 50 heavy (non-hydrogen) atoms. The van der Waals surface area contributed by atoms with E-state index in [1.165, 1.54) is 60.7 Å². The van der Waals surface area contributed by atoms with Crippen molar-refractivity contribution in [3.63, 3.8) is 0 Å². The van der Waals surface area contributed by atoms with Gasteiger partial charge in [0.15, 0.2) is 5.82 Å². The Morgan fingerprint density at radius 2 is 1.74 bits per heavy atom. The van der Waals surface area contributed by atoms with E-state index >= 15 is 0 Å². The van der Waals surface area contributed by atoms with E-state index in [2.05, 4.69) is 48.6 Å². The fraction of sp³-hybridized carbons (Fsp3) is 0.447. The quantitative estimate of drug-likeness (QED) is 0.225. The molecule has 3 aliphatic heterocycles. The number of benzene rings is 2. The Labute approximate surface area is 290 Å². The molecule has 0 unspecified atom stereocenters. The van der Waals surface area contributed by atoms with Crippen LogP contribution in [0.3, 0.4) is 0 Å². The van der Waals surface area contributed by atoms with Gasteiger partial charge < -0.3 is 20.6 Å². The van der Waals surface area contributed by atoms with E-state index in [9.17, 15) is 19.1 Å². The smallest absolute Gasteiger partial charge is 0.249 e. The van der Waals surface area contributed by atoms with Crippen molar-refractivity contribution in [3.05, 3.63) is 71.8 Å². The first-order valence-electron chi connectivity index (χ1n) is 17.9. The van der Waals surface area contributed by atoms with Gasteiger partial charge in [-0.15, -0.1) is 10.2 Å². The summed E-state index contributed by atoms with van der Waals surface area (Å²) in [6, 6.07) is 12.1. The van der Waals surface area contributed by atoms with E-state index in [0.29, 0.717) is 42.0 Å². The number of rotatable bonds is 7. The van der Waals surface area contributed by atoms with E-state index in [4.69, 9.17) is 5.73 Å². The molecule has 8 rings (SSSR count). The van der Waals surface area contributed by atoms with Crippen molar-refractivity contribution in [2.45, 2.75) is 75.8 Å². The molecule has 4 N–H and O–H groups in total. The van der Waals surface area contributed by atoms with Crippen LogP contribution in [0.25, 0.3) is 22.4 Å². The first kappa shape index (κ1) is 32.4. The predicted molar refractivity (Wildman–Crippen MR) is 188 cm³/mol. The first-order chi connectivity index (χ1) is 24.3. The van der Waals surface area contributed by atoms with Crippen molar-refractivity contribution in [2.24, 2.45) is 5.92 Å². The maximum atomic E-state index is 13.9. The highest BCUT2D eigenvalue weighted by Crippen LogP contribution is 2.43. The number of anilines is 2. The molecule has 4 aromatic rings. The van der Waals surface area contributed by atoms with Gasteiger partial charge >= 0.3 is 0 Å². The van der Waals surface area contributed by atoms with Gasteiger partial charge in [-0.1, -0.05) is 12.1 Å². The van der Waals surface area contributed by atoms with Crippen molar-refractivity contribution in [2.75, 3.05) is 36.8 Å². The molecule has 0 bridgehead atoms. The molecule has 2 aromatic heterocycles. The minimum Gasteiger partial charge on any atom is -0.507 e. The van der Waals surface area contributed by atoms with Crippen LogP contribution in [0.2, 0.25) is 0 Å². The van der Waals surface area contributed by atoms with Gasteiger partial charge in [-0.25, -0.2) is 4.39 Å². The van der Waals surface area contributed by atoms with Crippen LogP contribution < -0.4 is 16.0 Å². The normalized spacial score (nSPS) is 23.2. The summed E-state index contributed by atoms with van der Waals surface area (Å²) in [6.07, 6.45) is 12.6. The highest BCUT2D eigenvalue weighted by Gasteiger charge is 2.37. The zero-order valence-corrected chi connectivity index (χ0v) is 28.1. The lowest BCUT2D eigenvalue weighted by atomic mass is 9.77. The maximum absolute atomic E-state index is 13.9. The molecular formula is C38H43FN8O3. The van der Waals surface area contributed by atoms with Gasteiger partial charge in [0.1, 0.15) is 17.6 Å². The zero-order valence-electron chi connectivity index (χ0n) is 28.1. The van der Waals surface area contributed by atoms with Gasteiger partial charge in [0.2, 0.25) is 11.8 Å². The summed E-state index contributed by atoms with van der Waals surface area (Å²) in [6.45, 7) is 4.03. The molecule has 11 nitrogen and oxygen atoms in total. The zero-order chi connectivity index (χ0) is 34.4. The minimum atomic E-state index is -0.471. The molecule has 4 aliphatic rings. The summed E-state index contributed by atoms with van der Waals surface area (Å²) in [7, 11) is 0. The molecule has 12 heteroatoms. The average molecular weight is 679 g/mol. The number of phenolic OH excluding ortho intramolecular Hbond substituents is 1. The summed E-state index contributed by atoms with van der Waals surface area (Å²) in [5.41, 5.74) is 12.3. The molecule has 2 aromatic carbocycles. The monoisotopic (exact) mass is 678 g/mol. The number of nitrogen functional groups attached to an aromatic ring is 1. The molecule has 1 saturated carbocycles. The van der Waals surface area contributed by atoms with Gasteiger partial charge in [0.05, 0.1) is 17.9 Å².